The molecule has 7 nitrogen and oxygen atoms in total. The molecular formula is C20H24Br2N2O5S. The number of nitrogens with zero attached hydrogens (tertiary/aromatic N) is 2. The molecule has 0 aliphatic rings. The third kappa shape index (κ3) is 8.71. The molecular weight excluding hydrogens is 540 g/mol. The van der Waals surface area contributed by atoms with E-state index in [1.54, 1.807) is 12.1 Å². The second-order valence-corrected chi connectivity index (χ2v) is 9.30. The van der Waals surface area contributed by atoms with Crippen molar-refractivity contribution in [1.82, 2.24) is 0 Å². The maximum Gasteiger partial charge on any atom is 0.294 e. The molecule has 0 aliphatic carbocycles. The van der Waals surface area contributed by atoms with E-state index >= 15 is 0 Å². The summed E-state index contributed by atoms with van der Waals surface area (Å²) in [6, 6.07) is 10.9. The predicted octanol–water partition coefficient (Wildman–Crippen LogP) is 6.46. The molecule has 0 saturated heterocycles. The van der Waals surface area contributed by atoms with Crippen molar-refractivity contribution in [3.8, 4) is 11.5 Å². The minimum absolute atomic E-state index is 0.196. The predicted molar refractivity (Wildman–Crippen MR) is 124 cm³/mol. The van der Waals surface area contributed by atoms with Gasteiger partial charge in [-0.05, 0) is 62.1 Å². The van der Waals surface area contributed by atoms with E-state index in [1.165, 1.54) is 24.3 Å². The van der Waals surface area contributed by atoms with Crippen LogP contribution >= 0.6 is 31.9 Å². The summed E-state index contributed by atoms with van der Waals surface area (Å²) < 4.78 is 43.0. The molecule has 0 saturated carbocycles. The number of azo groups is 1. The van der Waals surface area contributed by atoms with Gasteiger partial charge in [0.25, 0.3) is 10.1 Å². The Labute approximate surface area is 193 Å². The first-order valence-corrected chi connectivity index (χ1v) is 13.1. The molecule has 2 rings (SSSR count). The van der Waals surface area contributed by atoms with E-state index in [2.05, 4.69) is 42.1 Å². The van der Waals surface area contributed by atoms with Crippen molar-refractivity contribution >= 4 is 53.4 Å². The average Bonchev–Trinajstić information content (AvgIpc) is 2.73. The molecule has 0 atom stereocenters. The average molecular weight is 564 g/mol. The van der Waals surface area contributed by atoms with E-state index < -0.39 is 10.1 Å². The summed E-state index contributed by atoms with van der Waals surface area (Å²) in [5.74, 6) is 1.28. The van der Waals surface area contributed by atoms with Crippen molar-refractivity contribution in [2.75, 3.05) is 23.9 Å². The molecule has 1 N–H and O–H groups in total. The van der Waals surface area contributed by atoms with Crippen LogP contribution in [0.5, 0.6) is 11.5 Å². The third-order valence-electron chi connectivity index (χ3n) is 3.92. The number of hydrogen-bond acceptors (Lipinski definition) is 6. The van der Waals surface area contributed by atoms with Gasteiger partial charge in [0.15, 0.2) is 0 Å². The van der Waals surface area contributed by atoms with Crippen LogP contribution in [0.2, 0.25) is 0 Å². The molecule has 2 aromatic rings. The summed E-state index contributed by atoms with van der Waals surface area (Å²) in [6.07, 6.45) is 3.89. The summed E-state index contributed by atoms with van der Waals surface area (Å²) in [7, 11) is -4.24. The van der Waals surface area contributed by atoms with Gasteiger partial charge in [-0.3, -0.25) is 4.55 Å². The topological polar surface area (TPSA) is 97.6 Å². The van der Waals surface area contributed by atoms with Gasteiger partial charge in [-0.1, -0.05) is 31.9 Å². The Morgan fingerprint density at radius 1 is 0.833 bits per heavy atom. The molecule has 0 aromatic heterocycles. The van der Waals surface area contributed by atoms with Gasteiger partial charge in [0.05, 0.1) is 23.8 Å². The summed E-state index contributed by atoms with van der Waals surface area (Å²) >= 11 is 6.81. The normalized spacial score (nSPS) is 11.7. The highest BCUT2D eigenvalue weighted by Gasteiger charge is 2.09. The third-order valence-corrected chi connectivity index (χ3v) is 5.91. The second kappa shape index (κ2) is 13.0. The van der Waals surface area contributed by atoms with E-state index in [1.807, 2.05) is 6.07 Å². The van der Waals surface area contributed by atoms with Crippen LogP contribution in [0.3, 0.4) is 0 Å². The van der Waals surface area contributed by atoms with E-state index in [0.29, 0.717) is 36.1 Å². The minimum Gasteiger partial charge on any atom is -0.493 e. The molecule has 164 valence electrons. The Balaban J connectivity index is 2.13. The summed E-state index contributed by atoms with van der Waals surface area (Å²) in [5.41, 5.74) is 0.989. The first-order chi connectivity index (χ1) is 14.4. The largest absolute Gasteiger partial charge is 0.493 e. The van der Waals surface area contributed by atoms with Crippen LogP contribution in [0, 0.1) is 0 Å². The van der Waals surface area contributed by atoms with Gasteiger partial charge in [0, 0.05) is 16.7 Å². The smallest absolute Gasteiger partial charge is 0.294 e. The van der Waals surface area contributed by atoms with E-state index in [4.69, 9.17) is 14.0 Å². The molecule has 0 bridgehead atoms. The fourth-order valence-corrected chi connectivity index (χ4v) is 3.62. The van der Waals surface area contributed by atoms with Crippen molar-refractivity contribution < 1.29 is 22.4 Å². The van der Waals surface area contributed by atoms with Gasteiger partial charge in [-0.25, -0.2) is 0 Å². The second-order valence-electron chi connectivity index (χ2n) is 6.29. The highest BCUT2D eigenvalue weighted by Crippen LogP contribution is 2.33. The lowest BCUT2D eigenvalue weighted by Crippen LogP contribution is -2.00. The van der Waals surface area contributed by atoms with E-state index in [0.717, 1.165) is 36.3 Å². The first kappa shape index (κ1) is 24.8. The Morgan fingerprint density at radius 2 is 1.47 bits per heavy atom. The highest BCUT2D eigenvalue weighted by atomic mass is 79.9. The lowest BCUT2D eigenvalue weighted by Gasteiger charge is -2.11. The molecule has 10 heteroatoms. The fraction of sp³-hybridized carbons (Fsp3) is 0.400. The standard InChI is InChI=1S/C20H24Br2N2O5S/c21-11-1-3-13-28-17-7-10-19(20(15-17)29-14-4-2-12-22)24-23-16-5-8-18(9-6-16)30(25,26)27/h5-10,15H,1-4,11-14H2,(H,25,26,27). The molecule has 0 unspecified atom stereocenters. The van der Waals surface area contributed by atoms with Crippen LogP contribution in [0.1, 0.15) is 25.7 Å². The summed E-state index contributed by atoms with van der Waals surface area (Å²) in [6.45, 7) is 1.17. The number of unbranched alkanes of at least 4 members (excludes halogenated alkanes) is 2. The van der Waals surface area contributed by atoms with Gasteiger partial charge >= 0.3 is 0 Å². The van der Waals surface area contributed by atoms with Crippen LogP contribution in [0.4, 0.5) is 11.4 Å². The monoisotopic (exact) mass is 562 g/mol. The van der Waals surface area contributed by atoms with Crippen molar-refractivity contribution in [1.29, 1.82) is 0 Å². The molecule has 0 fully saturated rings. The van der Waals surface area contributed by atoms with Crippen LogP contribution < -0.4 is 9.47 Å². The van der Waals surface area contributed by atoms with Gasteiger partial charge in [-0.15, -0.1) is 5.11 Å². The maximum absolute atomic E-state index is 11.1. The lowest BCUT2D eigenvalue weighted by atomic mass is 10.2. The van der Waals surface area contributed by atoms with Crippen molar-refractivity contribution in [2.24, 2.45) is 10.2 Å². The zero-order valence-corrected chi connectivity index (χ0v) is 20.3. The fourth-order valence-electron chi connectivity index (χ4n) is 2.34. The van der Waals surface area contributed by atoms with Crippen LogP contribution in [0.25, 0.3) is 0 Å². The lowest BCUT2D eigenvalue weighted by molar-refractivity contribution is 0.295. The van der Waals surface area contributed by atoms with Crippen LogP contribution in [0.15, 0.2) is 57.6 Å². The Bertz CT molecular complexity index is 921. The number of ether oxygens (including phenoxy) is 2. The number of benzene rings is 2. The van der Waals surface area contributed by atoms with E-state index in [9.17, 15) is 8.42 Å². The maximum atomic E-state index is 11.1. The SMILES string of the molecule is O=S(=O)(O)c1ccc(N=Nc2ccc(OCCCCBr)cc2OCCCCBr)cc1. The van der Waals surface area contributed by atoms with Gasteiger partial charge < -0.3 is 9.47 Å². The molecule has 0 heterocycles. The Kier molecular flexibility index (Phi) is 10.8. The molecule has 30 heavy (non-hydrogen) atoms. The zero-order valence-electron chi connectivity index (χ0n) is 16.3. The number of rotatable bonds is 13. The van der Waals surface area contributed by atoms with Gasteiger partial charge in [0.2, 0.25) is 0 Å². The van der Waals surface area contributed by atoms with Gasteiger partial charge in [0.1, 0.15) is 17.2 Å². The molecule has 0 aliphatic heterocycles. The minimum atomic E-state index is -4.24. The summed E-state index contributed by atoms with van der Waals surface area (Å²) in [4.78, 5) is -0.196. The Morgan fingerprint density at radius 3 is 2.07 bits per heavy atom. The quantitative estimate of drug-likeness (QED) is 0.130. The van der Waals surface area contributed by atoms with E-state index in [-0.39, 0.29) is 4.90 Å². The number of hydrogen-bond donors (Lipinski definition) is 1. The number of halogens is 2. The van der Waals surface area contributed by atoms with Crippen molar-refractivity contribution in [3.63, 3.8) is 0 Å². The molecule has 0 radical (unpaired) electrons. The molecule has 0 amide bonds. The molecule has 0 spiro atoms. The van der Waals surface area contributed by atoms with Crippen LogP contribution in [-0.2, 0) is 10.1 Å². The molecule has 2 aromatic carbocycles. The zero-order chi connectivity index (χ0) is 21.8. The Hall–Kier alpha value is -1.49. The first-order valence-electron chi connectivity index (χ1n) is 9.45. The summed E-state index contributed by atoms with van der Waals surface area (Å²) in [5, 5.41) is 10.2. The van der Waals surface area contributed by atoms with Crippen LogP contribution in [-0.4, -0.2) is 36.8 Å². The highest BCUT2D eigenvalue weighted by molar-refractivity contribution is 9.09. The van der Waals surface area contributed by atoms with Crippen molar-refractivity contribution in [3.05, 3.63) is 42.5 Å². The number of alkyl halides is 2. The van der Waals surface area contributed by atoms with Gasteiger partial charge in [-0.2, -0.15) is 13.5 Å². The van der Waals surface area contributed by atoms with Crippen molar-refractivity contribution in [2.45, 2.75) is 30.6 Å².